The van der Waals surface area contributed by atoms with Crippen molar-refractivity contribution in [2.75, 3.05) is 132 Å². The fourth-order valence-electron chi connectivity index (χ4n) is 4.76. The minimum absolute atomic E-state index is 0.535. The molecule has 0 aliphatic carbocycles. The van der Waals surface area contributed by atoms with Crippen molar-refractivity contribution in [1.29, 1.82) is 0 Å². The summed E-state index contributed by atoms with van der Waals surface area (Å²) in [6.07, 6.45) is 21.1. The number of hydrogen-bond acceptors (Lipinski definition) is 10. The molecule has 0 N–H and O–H groups in total. The lowest BCUT2D eigenvalue weighted by molar-refractivity contribution is -0.0264. The van der Waals surface area contributed by atoms with Crippen molar-refractivity contribution in [3.05, 3.63) is 0 Å². The molecule has 10 nitrogen and oxygen atoms in total. The Kier molecular flexibility index (Phi) is 46.2. The van der Waals surface area contributed by atoms with Gasteiger partial charge in [-0.15, -0.1) is 0 Å². The van der Waals surface area contributed by atoms with Crippen LogP contribution in [0.25, 0.3) is 0 Å². The van der Waals surface area contributed by atoms with Crippen LogP contribution in [0.1, 0.15) is 117 Å². The molecule has 0 aromatic rings. The number of hydrogen-bond donors (Lipinski definition) is 0. The number of unbranched alkanes of at least 4 members (excludes halogenated alkanes) is 14. The highest BCUT2D eigenvalue weighted by Crippen LogP contribution is 2.09. The van der Waals surface area contributed by atoms with Gasteiger partial charge in [0, 0.05) is 13.2 Å². The predicted octanol–water partition coefficient (Wildman–Crippen LogP) is 7.43. The van der Waals surface area contributed by atoms with Crippen LogP contribution in [0.4, 0.5) is 0 Å². The van der Waals surface area contributed by atoms with E-state index in [0.29, 0.717) is 119 Å². The van der Waals surface area contributed by atoms with Gasteiger partial charge in [0.1, 0.15) is 0 Å². The predicted molar refractivity (Wildman–Crippen MR) is 193 cm³/mol. The van der Waals surface area contributed by atoms with Crippen molar-refractivity contribution in [2.24, 2.45) is 0 Å². The fourth-order valence-corrected chi connectivity index (χ4v) is 4.76. The quantitative estimate of drug-likeness (QED) is 0.0600. The van der Waals surface area contributed by atoms with Gasteiger partial charge in [-0.05, 0) is 12.8 Å². The summed E-state index contributed by atoms with van der Waals surface area (Å²) in [5, 5.41) is 0. The van der Waals surface area contributed by atoms with E-state index in [9.17, 15) is 0 Å². The summed E-state index contributed by atoms with van der Waals surface area (Å²) in [6, 6.07) is 0. The van der Waals surface area contributed by atoms with Crippen molar-refractivity contribution in [3.8, 4) is 0 Å². The molecule has 290 valence electrons. The zero-order valence-electron chi connectivity index (χ0n) is 31.5. The average Bonchev–Trinajstić information content (AvgIpc) is 3.10. The maximum atomic E-state index is 5.63. The Morgan fingerprint density at radius 2 is 0.312 bits per heavy atom. The lowest BCUT2D eigenvalue weighted by atomic mass is 10.1. The van der Waals surface area contributed by atoms with Gasteiger partial charge in [-0.25, -0.2) is 0 Å². The van der Waals surface area contributed by atoms with Crippen molar-refractivity contribution in [1.82, 2.24) is 0 Å². The monoisotopic (exact) mass is 695 g/mol. The lowest BCUT2D eigenvalue weighted by Crippen LogP contribution is -2.15. The smallest absolute Gasteiger partial charge is 0.0701 e. The molecule has 10 heteroatoms. The molecule has 0 saturated carbocycles. The van der Waals surface area contributed by atoms with Crippen LogP contribution < -0.4 is 0 Å². The van der Waals surface area contributed by atoms with Gasteiger partial charge in [0.15, 0.2) is 0 Å². The van der Waals surface area contributed by atoms with Crippen LogP contribution in [-0.2, 0) is 47.4 Å². The van der Waals surface area contributed by atoms with Gasteiger partial charge < -0.3 is 47.4 Å². The number of ether oxygens (including phenoxy) is 10. The Hall–Kier alpha value is -0.400. The van der Waals surface area contributed by atoms with Gasteiger partial charge in [-0.3, -0.25) is 0 Å². The Bertz CT molecular complexity index is 498. The van der Waals surface area contributed by atoms with Crippen LogP contribution in [0, 0.1) is 0 Å². The third-order valence-corrected chi connectivity index (χ3v) is 7.63. The van der Waals surface area contributed by atoms with E-state index in [1.807, 2.05) is 0 Å². The third-order valence-electron chi connectivity index (χ3n) is 7.63. The summed E-state index contributed by atoms with van der Waals surface area (Å²) in [4.78, 5) is 0. The lowest BCUT2D eigenvalue weighted by Gasteiger charge is -2.09. The second kappa shape index (κ2) is 46.6. The molecule has 0 amide bonds. The van der Waals surface area contributed by atoms with Crippen LogP contribution in [-0.4, -0.2) is 132 Å². The van der Waals surface area contributed by atoms with E-state index in [2.05, 4.69) is 13.8 Å². The summed E-state index contributed by atoms with van der Waals surface area (Å²) >= 11 is 0. The van der Waals surface area contributed by atoms with E-state index in [-0.39, 0.29) is 0 Å². The van der Waals surface area contributed by atoms with E-state index in [0.717, 1.165) is 26.1 Å². The summed E-state index contributed by atoms with van der Waals surface area (Å²) in [5.74, 6) is 0. The molecule has 0 aromatic heterocycles. The van der Waals surface area contributed by atoms with Gasteiger partial charge in [0.05, 0.1) is 119 Å². The molecule has 0 aromatic carbocycles. The minimum Gasteiger partial charge on any atom is -0.379 e. The maximum Gasteiger partial charge on any atom is 0.0701 e. The molecular weight excluding hydrogens is 616 g/mol. The van der Waals surface area contributed by atoms with E-state index >= 15 is 0 Å². The minimum atomic E-state index is 0.535. The van der Waals surface area contributed by atoms with E-state index < -0.39 is 0 Å². The van der Waals surface area contributed by atoms with Gasteiger partial charge in [0.25, 0.3) is 0 Å². The van der Waals surface area contributed by atoms with Gasteiger partial charge in [-0.2, -0.15) is 0 Å². The van der Waals surface area contributed by atoms with Crippen molar-refractivity contribution >= 4 is 0 Å². The summed E-state index contributed by atoms with van der Waals surface area (Å²) in [7, 11) is 0. The molecular formula is C38H78O10. The Morgan fingerprint density at radius 3 is 0.500 bits per heavy atom. The molecule has 0 radical (unpaired) electrons. The first-order valence-electron chi connectivity index (χ1n) is 19.7. The summed E-state index contributed by atoms with van der Waals surface area (Å²) in [6.45, 7) is 16.4. The van der Waals surface area contributed by atoms with Crippen LogP contribution in [0.3, 0.4) is 0 Å². The van der Waals surface area contributed by atoms with Gasteiger partial charge in [-0.1, -0.05) is 104 Å². The molecule has 0 aliphatic rings. The summed E-state index contributed by atoms with van der Waals surface area (Å²) < 4.78 is 55.4. The Labute approximate surface area is 295 Å². The topological polar surface area (TPSA) is 92.3 Å². The Balaban J connectivity index is 3.04. The van der Waals surface area contributed by atoms with Crippen LogP contribution in [0.2, 0.25) is 0 Å². The molecule has 0 unspecified atom stereocenters. The molecule has 0 bridgehead atoms. The largest absolute Gasteiger partial charge is 0.379 e. The molecule has 0 rings (SSSR count). The summed E-state index contributed by atoms with van der Waals surface area (Å²) in [5.41, 5.74) is 0. The first-order chi connectivity index (χ1) is 23.9. The molecule has 0 saturated heterocycles. The number of rotatable bonds is 45. The van der Waals surface area contributed by atoms with E-state index in [1.54, 1.807) is 0 Å². The van der Waals surface area contributed by atoms with Crippen LogP contribution >= 0.6 is 0 Å². The van der Waals surface area contributed by atoms with Crippen LogP contribution in [0.15, 0.2) is 0 Å². The zero-order chi connectivity index (χ0) is 34.5. The van der Waals surface area contributed by atoms with Crippen molar-refractivity contribution in [2.45, 2.75) is 117 Å². The second-order valence-electron chi connectivity index (χ2n) is 12.1. The van der Waals surface area contributed by atoms with E-state index in [4.69, 9.17) is 47.4 Å². The SMILES string of the molecule is CCCCCCCCCCOCCOCCOCCOCCOCCOCCOCCOCCOCCOCCCCCCCCCC. The second-order valence-corrected chi connectivity index (χ2v) is 12.1. The highest BCUT2D eigenvalue weighted by Gasteiger charge is 1.97. The van der Waals surface area contributed by atoms with Crippen molar-refractivity contribution in [3.63, 3.8) is 0 Å². The average molecular weight is 695 g/mol. The normalized spacial score (nSPS) is 11.6. The standard InChI is InChI=1S/C38H78O10/c1-3-5-7-9-11-13-15-17-19-39-21-23-41-25-27-43-29-31-45-33-35-47-37-38-48-36-34-46-32-30-44-28-26-42-24-22-40-20-18-16-14-12-10-8-6-4-2/h3-38H2,1-2H3. The molecule has 0 spiro atoms. The maximum absolute atomic E-state index is 5.63. The molecule has 0 atom stereocenters. The van der Waals surface area contributed by atoms with E-state index in [1.165, 1.54) is 89.9 Å². The molecule has 48 heavy (non-hydrogen) atoms. The third kappa shape index (κ3) is 45.6. The Morgan fingerprint density at radius 1 is 0.167 bits per heavy atom. The van der Waals surface area contributed by atoms with Crippen molar-refractivity contribution < 1.29 is 47.4 Å². The first kappa shape index (κ1) is 47.6. The zero-order valence-corrected chi connectivity index (χ0v) is 31.5. The molecule has 0 aliphatic heterocycles. The first-order valence-corrected chi connectivity index (χ1v) is 19.7. The van der Waals surface area contributed by atoms with Gasteiger partial charge >= 0.3 is 0 Å². The highest BCUT2D eigenvalue weighted by molar-refractivity contribution is 4.47. The molecule has 0 heterocycles. The highest BCUT2D eigenvalue weighted by atomic mass is 16.6. The van der Waals surface area contributed by atoms with Crippen LogP contribution in [0.5, 0.6) is 0 Å². The fraction of sp³-hybridized carbons (Fsp3) is 1.00. The van der Waals surface area contributed by atoms with Gasteiger partial charge in [0.2, 0.25) is 0 Å². The molecule has 0 fully saturated rings.